The zero-order valence-corrected chi connectivity index (χ0v) is 22.2. The van der Waals surface area contributed by atoms with Crippen LogP contribution in [0.1, 0.15) is 42.6 Å². The minimum absolute atomic E-state index is 0.111. The Morgan fingerprint density at radius 3 is 2.31 bits per heavy atom. The van der Waals surface area contributed by atoms with E-state index in [4.69, 9.17) is 11.6 Å². The molecule has 0 radical (unpaired) electrons. The molecule has 2 amide bonds. The largest absolute Gasteiger partial charge is 0.390 e. The highest BCUT2D eigenvalue weighted by atomic mass is 35.5. The maximum Gasteiger partial charge on any atom is 0.390 e. The molecule has 13 heteroatoms. The van der Waals surface area contributed by atoms with E-state index in [1.54, 1.807) is 11.0 Å². The zero-order valence-electron chi connectivity index (χ0n) is 21.5. The molecule has 0 aromatic heterocycles. The normalized spacial score (nSPS) is 14.8. The van der Waals surface area contributed by atoms with Crippen molar-refractivity contribution in [3.63, 3.8) is 0 Å². The number of hydrogen-bond donors (Lipinski definition) is 3. The maximum absolute atomic E-state index is 14.8. The molecule has 1 heterocycles. The Balaban J connectivity index is 1.69. The standard InChI is InChI=1S/C26H30ClF5N4O3/c1-25(2,39)14-21(37)33-15-16-3-5-18(23(29)22(16)28)24(38)34-19-6-4-17(27)13-20(19)36-11-9-35(10-12-36)8-7-26(30,31)32/h3-6,13,39H,7-12,14-15H2,1-2H3,(H,33,37)(H,34,38). The van der Waals surface area contributed by atoms with Gasteiger partial charge in [-0.1, -0.05) is 17.7 Å². The van der Waals surface area contributed by atoms with Gasteiger partial charge in [0.25, 0.3) is 5.91 Å². The van der Waals surface area contributed by atoms with E-state index in [-0.39, 0.29) is 30.8 Å². The number of carbonyl (C=O) groups is 2. The van der Waals surface area contributed by atoms with E-state index < -0.39 is 47.2 Å². The number of piperazine rings is 1. The van der Waals surface area contributed by atoms with E-state index in [9.17, 15) is 36.6 Å². The predicted octanol–water partition coefficient (Wildman–Crippen LogP) is 4.72. The third-order valence-electron chi connectivity index (χ3n) is 6.11. The minimum Gasteiger partial charge on any atom is -0.390 e. The average molecular weight is 577 g/mol. The monoisotopic (exact) mass is 576 g/mol. The second-order valence-corrected chi connectivity index (χ2v) is 10.4. The van der Waals surface area contributed by atoms with Crippen LogP contribution in [0.4, 0.5) is 33.3 Å². The molecule has 0 spiro atoms. The minimum atomic E-state index is -4.24. The fourth-order valence-corrected chi connectivity index (χ4v) is 4.28. The second-order valence-electron chi connectivity index (χ2n) is 9.98. The first-order valence-electron chi connectivity index (χ1n) is 12.2. The summed E-state index contributed by atoms with van der Waals surface area (Å²) in [5, 5.41) is 15.0. The van der Waals surface area contributed by atoms with Crippen LogP contribution in [0.3, 0.4) is 0 Å². The average Bonchev–Trinajstić information content (AvgIpc) is 2.83. The number of anilines is 2. The first kappa shape index (κ1) is 30.6. The summed E-state index contributed by atoms with van der Waals surface area (Å²) in [6.45, 7) is 3.90. The summed E-state index contributed by atoms with van der Waals surface area (Å²) in [6.07, 6.45) is -5.37. The molecule has 2 aromatic rings. The lowest BCUT2D eigenvalue weighted by molar-refractivity contribution is -0.138. The van der Waals surface area contributed by atoms with Gasteiger partial charge in [0.2, 0.25) is 5.91 Å². The van der Waals surface area contributed by atoms with Gasteiger partial charge in [-0.25, -0.2) is 8.78 Å². The summed E-state index contributed by atoms with van der Waals surface area (Å²) in [4.78, 5) is 28.3. The maximum atomic E-state index is 14.8. The third-order valence-corrected chi connectivity index (χ3v) is 6.34. The number of hydrogen-bond acceptors (Lipinski definition) is 5. The van der Waals surface area contributed by atoms with Crippen LogP contribution < -0.4 is 15.5 Å². The number of amides is 2. The Bertz CT molecular complexity index is 1200. The summed E-state index contributed by atoms with van der Waals surface area (Å²) >= 11 is 6.14. The van der Waals surface area contributed by atoms with Crippen LogP contribution in [-0.2, 0) is 11.3 Å². The molecule has 214 valence electrons. The van der Waals surface area contributed by atoms with Crippen LogP contribution in [0.5, 0.6) is 0 Å². The van der Waals surface area contributed by atoms with E-state index in [1.165, 1.54) is 32.0 Å². The molecule has 2 aromatic carbocycles. The number of rotatable bonds is 9. The van der Waals surface area contributed by atoms with E-state index in [1.807, 2.05) is 4.90 Å². The summed E-state index contributed by atoms with van der Waals surface area (Å²) in [5.74, 6) is -4.16. The predicted molar refractivity (Wildman–Crippen MR) is 138 cm³/mol. The quantitative estimate of drug-likeness (QED) is 0.376. The van der Waals surface area contributed by atoms with Crippen LogP contribution >= 0.6 is 11.6 Å². The van der Waals surface area contributed by atoms with Crippen LogP contribution in [0, 0.1) is 11.6 Å². The van der Waals surface area contributed by atoms with Crippen molar-refractivity contribution in [1.29, 1.82) is 0 Å². The molecule has 1 aliphatic rings. The Hall–Kier alpha value is -2.96. The SMILES string of the molecule is CC(C)(O)CC(=O)NCc1ccc(C(=O)Nc2ccc(Cl)cc2N2CCN(CCC(F)(F)F)CC2)c(F)c1F. The smallest absolute Gasteiger partial charge is 0.390 e. The van der Waals surface area contributed by atoms with E-state index >= 15 is 0 Å². The van der Waals surface area contributed by atoms with Crippen molar-refractivity contribution < 1.29 is 36.6 Å². The van der Waals surface area contributed by atoms with Crippen LogP contribution in [0.25, 0.3) is 0 Å². The molecule has 3 rings (SSSR count). The van der Waals surface area contributed by atoms with Gasteiger partial charge in [0.05, 0.1) is 35.4 Å². The first-order valence-corrected chi connectivity index (χ1v) is 12.6. The topological polar surface area (TPSA) is 84.9 Å². The van der Waals surface area contributed by atoms with Gasteiger partial charge in [-0.2, -0.15) is 13.2 Å². The van der Waals surface area contributed by atoms with Gasteiger partial charge in [-0.05, 0) is 38.1 Å². The van der Waals surface area contributed by atoms with Gasteiger partial charge in [0.15, 0.2) is 11.6 Å². The Morgan fingerprint density at radius 2 is 1.69 bits per heavy atom. The molecule has 39 heavy (non-hydrogen) atoms. The van der Waals surface area contributed by atoms with Crippen molar-refractivity contribution in [2.45, 2.75) is 45.0 Å². The number of benzene rings is 2. The van der Waals surface area contributed by atoms with Crippen LogP contribution in [-0.4, -0.2) is 66.3 Å². The summed E-state index contributed by atoms with van der Waals surface area (Å²) in [7, 11) is 0. The van der Waals surface area contributed by atoms with Crippen LogP contribution in [0.15, 0.2) is 30.3 Å². The lowest BCUT2D eigenvalue weighted by Gasteiger charge is -2.37. The molecule has 1 fully saturated rings. The highest BCUT2D eigenvalue weighted by Crippen LogP contribution is 2.31. The van der Waals surface area contributed by atoms with Gasteiger partial charge in [0, 0.05) is 49.9 Å². The molecule has 0 atom stereocenters. The molecule has 1 aliphatic heterocycles. The number of carbonyl (C=O) groups excluding carboxylic acids is 2. The lowest BCUT2D eigenvalue weighted by atomic mass is 10.0. The van der Waals surface area contributed by atoms with E-state index in [0.29, 0.717) is 36.9 Å². The molecular formula is C26H30ClF5N4O3. The first-order chi connectivity index (χ1) is 18.1. The second kappa shape index (κ2) is 12.5. The Kier molecular flexibility index (Phi) is 9.78. The van der Waals surface area contributed by atoms with Crippen molar-refractivity contribution in [3.05, 3.63) is 58.1 Å². The molecule has 1 saturated heterocycles. The molecule has 0 bridgehead atoms. The fraction of sp³-hybridized carbons (Fsp3) is 0.462. The third kappa shape index (κ3) is 9.04. The summed E-state index contributed by atoms with van der Waals surface area (Å²) in [6, 6.07) is 6.88. The molecule has 0 saturated carbocycles. The Labute approximate surface area is 227 Å². The fourth-order valence-electron chi connectivity index (χ4n) is 4.11. The van der Waals surface area contributed by atoms with Crippen molar-refractivity contribution in [1.82, 2.24) is 10.2 Å². The van der Waals surface area contributed by atoms with Gasteiger partial charge in [-0.3, -0.25) is 14.5 Å². The molecular weight excluding hydrogens is 547 g/mol. The van der Waals surface area contributed by atoms with Crippen molar-refractivity contribution in [2.24, 2.45) is 0 Å². The number of nitrogens with zero attached hydrogens (tertiary/aromatic N) is 2. The number of nitrogens with one attached hydrogen (secondary N) is 2. The summed E-state index contributed by atoms with van der Waals surface area (Å²) in [5.41, 5.74) is -1.23. The van der Waals surface area contributed by atoms with Crippen molar-refractivity contribution in [2.75, 3.05) is 42.9 Å². The molecule has 7 nitrogen and oxygen atoms in total. The molecule has 0 aliphatic carbocycles. The molecule has 0 unspecified atom stereocenters. The van der Waals surface area contributed by atoms with Gasteiger partial charge >= 0.3 is 6.18 Å². The van der Waals surface area contributed by atoms with E-state index in [2.05, 4.69) is 10.6 Å². The number of aliphatic hydroxyl groups is 1. The number of halogens is 6. The highest BCUT2D eigenvalue weighted by molar-refractivity contribution is 6.31. The zero-order chi connectivity index (χ0) is 29.0. The number of alkyl halides is 3. The van der Waals surface area contributed by atoms with Crippen molar-refractivity contribution >= 4 is 34.8 Å². The summed E-state index contributed by atoms with van der Waals surface area (Å²) < 4.78 is 67.1. The van der Waals surface area contributed by atoms with Gasteiger partial charge < -0.3 is 20.6 Å². The lowest BCUT2D eigenvalue weighted by Crippen LogP contribution is -2.47. The van der Waals surface area contributed by atoms with Gasteiger partial charge in [0.1, 0.15) is 0 Å². The van der Waals surface area contributed by atoms with Crippen molar-refractivity contribution in [3.8, 4) is 0 Å². The van der Waals surface area contributed by atoms with Crippen LogP contribution in [0.2, 0.25) is 5.02 Å². The Morgan fingerprint density at radius 1 is 1.03 bits per heavy atom. The molecule has 3 N–H and O–H groups in total. The van der Waals surface area contributed by atoms with Gasteiger partial charge in [-0.15, -0.1) is 0 Å². The highest BCUT2D eigenvalue weighted by Gasteiger charge is 2.29. The van der Waals surface area contributed by atoms with E-state index in [0.717, 1.165) is 6.07 Å².